The van der Waals surface area contributed by atoms with Gasteiger partial charge in [0.15, 0.2) is 5.13 Å². The van der Waals surface area contributed by atoms with Gasteiger partial charge in [-0.3, -0.25) is 5.32 Å². The van der Waals surface area contributed by atoms with E-state index in [1.807, 2.05) is 22.9 Å². The first-order chi connectivity index (χ1) is 14.7. The molecule has 1 spiro atoms. The SMILES string of the molecule is COc1ncc(C2=CCSCC2)c2sc(NC(=O)N3CCC4(CCOCC4)C3)nc12. The molecule has 3 aliphatic heterocycles. The van der Waals surface area contributed by atoms with Crippen LogP contribution in [0.2, 0.25) is 0 Å². The van der Waals surface area contributed by atoms with Gasteiger partial charge in [-0.1, -0.05) is 17.4 Å². The Labute approximate surface area is 184 Å². The van der Waals surface area contributed by atoms with Gasteiger partial charge in [-0.25, -0.2) is 14.8 Å². The molecule has 5 rings (SSSR count). The molecule has 2 amide bonds. The first-order valence-electron chi connectivity index (χ1n) is 10.4. The number of hydrogen-bond acceptors (Lipinski definition) is 7. The average molecular weight is 447 g/mol. The number of urea groups is 1. The number of rotatable bonds is 3. The van der Waals surface area contributed by atoms with Crippen LogP contribution < -0.4 is 10.1 Å². The molecule has 0 atom stereocenters. The Balaban J connectivity index is 1.38. The molecule has 2 aromatic heterocycles. The number of hydrogen-bond donors (Lipinski definition) is 1. The molecular formula is C21H26N4O3S2. The zero-order valence-corrected chi connectivity index (χ0v) is 18.7. The molecule has 7 nitrogen and oxygen atoms in total. The van der Waals surface area contributed by atoms with Crippen molar-refractivity contribution in [1.82, 2.24) is 14.9 Å². The summed E-state index contributed by atoms with van der Waals surface area (Å²) in [6.07, 6.45) is 8.30. The van der Waals surface area contributed by atoms with Crippen LogP contribution >= 0.6 is 23.1 Å². The van der Waals surface area contributed by atoms with E-state index >= 15 is 0 Å². The van der Waals surface area contributed by atoms with Crippen molar-refractivity contribution >= 4 is 50.1 Å². The molecule has 30 heavy (non-hydrogen) atoms. The van der Waals surface area contributed by atoms with Crippen LogP contribution in [0, 0.1) is 5.41 Å². The predicted molar refractivity (Wildman–Crippen MR) is 122 cm³/mol. The van der Waals surface area contributed by atoms with Gasteiger partial charge in [-0.05, 0) is 42.4 Å². The van der Waals surface area contributed by atoms with Crippen molar-refractivity contribution in [2.75, 3.05) is 50.2 Å². The lowest BCUT2D eigenvalue weighted by atomic mass is 9.80. The smallest absolute Gasteiger partial charge is 0.323 e. The minimum atomic E-state index is -0.0702. The number of pyridine rings is 1. The monoisotopic (exact) mass is 446 g/mol. The molecule has 0 bridgehead atoms. The van der Waals surface area contributed by atoms with Crippen LogP contribution in [0.3, 0.4) is 0 Å². The normalized spacial score (nSPS) is 21.1. The molecule has 9 heteroatoms. The van der Waals surface area contributed by atoms with E-state index in [4.69, 9.17) is 9.47 Å². The number of aromatic nitrogens is 2. The average Bonchev–Trinajstić information content (AvgIpc) is 3.38. The molecule has 0 radical (unpaired) electrons. The van der Waals surface area contributed by atoms with Gasteiger partial charge in [0.1, 0.15) is 5.52 Å². The van der Waals surface area contributed by atoms with Crippen molar-refractivity contribution in [2.24, 2.45) is 5.41 Å². The molecule has 1 N–H and O–H groups in total. The summed E-state index contributed by atoms with van der Waals surface area (Å²) in [5, 5.41) is 3.63. The molecule has 0 unspecified atom stereocenters. The Hall–Kier alpha value is -1.84. The molecule has 2 aromatic rings. The highest BCUT2D eigenvalue weighted by molar-refractivity contribution is 7.99. The second-order valence-electron chi connectivity index (χ2n) is 8.15. The molecule has 2 saturated heterocycles. The van der Waals surface area contributed by atoms with E-state index in [0.717, 1.165) is 79.3 Å². The third-order valence-electron chi connectivity index (χ3n) is 6.38. The van der Waals surface area contributed by atoms with Crippen molar-refractivity contribution in [3.63, 3.8) is 0 Å². The molecule has 0 aliphatic carbocycles. The van der Waals surface area contributed by atoms with Gasteiger partial charge in [0.25, 0.3) is 0 Å². The quantitative estimate of drug-likeness (QED) is 0.759. The summed E-state index contributed by atoms with van der Waals surface area (Å²) >= 11 is 3.44. The highest BCUT2D eigenvalue weighted by atomic mass is 32.2. The van der Waals surface area contributed by atoms with E-state index in [-0.39, 0.29) is 11.4 Å². The fourth-order valence-corrected chi connectivity index (χ4v) is 6.43. The fourth-order valence-electron chi connectivity index (χ4n) is 4.59. The topological polar surface area (TPSA) is 76.6 Å². The van der Waals surface area contributed by atoms with Crippen molar-refractivity contribution in [3.05, 3.63) is 17.8 Å². The van der Waals surface area contributed by atoms with Crippen LogP contribution in [0.25, 0.3) is 15.8 Å². The Morgan fingerprint density at radius 2 is 2.20 bits per heavy atom. The standard InChI is InChI=1S/C21H26N4O3S2/c1-27-18-16-17(15(12-22-18)14-2-10-29-11-3-14)30-19(23-16)24-20(26)25-7-4-21(13-25)5-8-28-9-6-21/h2,12H,3-11,13H2,1H3,(H,23,24,26). The lowest BCUT2D eigenvalue weighted by Crippen LogP contribution is -2.37. The van der Waals surface area contributed by atoms with Gasteiger partial charge in [-0.2, -0.15) is 11.8 Å². The van der Waals surface area contributed by atoms with Gasteiger partial charge in [-0.15, -0.1) is 0 Å². The number of fused-ring (bicyclic) bond motifs is 1. The molecule has 2 fully saturated rings. The van der Waals surface area contributed by atoms with Crippen molar-refractivity contribution in [2.45, 2.75) is 25.7 Å². The first-order valence-corrected chi connectivity index (χ1v) is 12.4. The van der Waals surface area contributed by atoms with E-state index in [1.165, 1.54) is 16.9 Å². The number of methoxy groups -OCH3 is 1. The summed E-state index contributed by atoms with van der Waals surface area (Å²) < 4.78 is 12.0. The van der Waals surface area contributed by atoms with Crippen LogP contribution in [0.5, 0.6) is 5.88 Å². The molecule has 5 heterocycles. The van der Waals surface area contributed by atoms with E-state index in [1.54, 1.807) is 7.11 Å². The highest BCUT2D eigenvalue weighted by Gasteiger charge is 2.41. The van der Waals surface area contributed by atoms with Crippen molar-refractivity contribution in [3.8, 4) is 5.88 Å². The minimum Gasteiger partial charge on any atom is -0.479 e. The Morgan fingerprint density at radius 1 is 1.33 bits per heavy atom. The first kappa shape index (κ1) is 20.1. The summed E-state index contributed by atoms with van der Waals surface area (Å²) in [6, 6.07) is -0.0702. The van der Waals surface area contributed by atoms with Gasteiger partial charge in [0, 0.05) is 43.8 Å². The number of carbonyl (C=O) groups is 1. The van der Waals surface area contributed by atoms with Gasteiger partial charge in [0.2, 0.25) is 5.88 Å². The van der Waals surface area contributed by atoms with Gasteiger partial charge >= 0.3 is 6.03 Å². The second kappa shape index (κ2) is 8.36. The molecule has 0 aromatic carbocycles. The number of likely N-dealkylation sites (tertiary alicyclic amines) is 1. The van der Waals surface area contributed by atoms with Gasteiger partial charge in [0.05, 0.1) is 11.8 Å². The lowest BCUT2D eigenvalue weighted by molar-refractivity contribution is 0.0211. The maximum absolute atomic E-state index is 12.9. The number of amides is 2. The minimum absolute atomic E-state index is 0.0702. The summed E-state index contributed by atoms with van der Waals surface area (Å²) in [4.78, 5) is 24.0. The summed E-state index contributed by atoms with van der Waals surface area (Å²) in [5.74, 6) is 2.63. The number of anilines is 1. The number of nitrogens with zero attached hydrogens (tertiary/aromatic N) is 3. The lowest BCUT2D eigenvalue weighted by Gasteiger charge is -2.33. The van der Waals surface area contributed by atoms with Crippen LogP contribution in [-0.4, -0.2) is 65.8 Å². The maximum Gasteiger partial charge on any atom is 0.323 e. The Bertz CT molecular complexity index is 984. The Kier molecular flexibility index (Phi) is 5.59. The number of carbonyl (C=O) groups excluding carboxylic acids is 1. The highest BCUT2D eigenvalue weighted by Crippen LogP contribution is 2.41. The van der Waals surface area contributed by atoms with Crippen LogP contribution in [0.4, 0.5) is 9.93 Å². The van der Waals surface area contributed by atoms with Crippen molar-refractivity contribution < 1.29 is 14.3 Å². The number of thioether (sulfide) groups is 1. The zero-order chi connectivity index (χ0) is 20.6. The van der Waals surface area contributed by atoms with Crippen LogP contribution in [-0.2, 0) is 4.74 Å². The predicted octanol–water partition coefficient (Wildman–Crippen LogP) is 4.25. The van der Waals surface area contributed by atoms with Crippen molar-refractivity contribution in [1.29, 1.82) is 0 Å². The number of allylic oxidation sites excluding steroid dienone is 1. The summed E-state index contributed by atoms with van der Waals surface area (Å²) in [6.45, 7) is 3.19. The van der Waals surface area contributed by atoms with E-state index in [0.29, 0.717) is 11.0 Å². The van der Waals surface area contributed by atoms with E-state index in [2.05, 4.69) is 21.4 Å². The maximum atomic E-state index is 12.9. The van der Waals surface area contributed by atoms with E-state index in [9.17, 15) is 4.79 Å². The number of thiazole rings is 1. The third kappa shape index (κ3) is 3.78. The van der Waals surface area contributed by atoms with Crippen LogP contribution in [0.1, 0.15) is 31.2 Å². The van der Waals surface area contributed by atoms with Gasteiger partial charge < -0.3 is 14.4 Å². The third-order valence-corrected chi connectivity index (χ3v) is 8.28. The molecular weight excluding hydrogens is 420 g/mol. The summed E-state index contributed by atoms with van der Waals surface area (Å²) in [7, 11) is 1.60. The number of ether oxygens (including phenoxy) is 2. The Morgan fingerprint density at radius 3 is 2.97 bits per heavy atom. The zero-order valence-electron chi connectivity index (χ0n) is 17.1. The largest absolute Gasteiger partial charge is 0.479 e. The summed E-state index contributed by atoms with van der Waals surface area (Å²) in [5.41, 5.74) is 3.36. The fraction of sp³-hybridized carbons (Fsp3) is 0.571. The molecule has 3 aliphatic rings. The molecule has 0 saturated carbocycles. The van der Waals surface area contributed by atoms with E-state index < -0.39 is 0 Å². The second-order valence-corrected chi connectivity index (χ2v) is 10.3. The van der Waals surface area contributed by atoms with Crippen LogP contribution in [0.15, 0.2) is 12.3 Å². The number of nitrogens with one attached hydrogen (secondary N) is 1. The molecule has 160 valence electrons.